The molecule has 0 aromatic carbocycles. The van der Waals surface area contributed by atoms with E-state index in [0.717, 1.165) is 11.4 Å². The first kappa shape index (κ1) is 6.20. The second kappa shape index (κ2) is 2.13. The third-order valence-electron chi connectivity index (χ3n) is 1.23. The molecule has 0 radical (unpaired) electrons. The smallest absolute Gasteiger partial charge is 0.114 e. The monoisotopic (exact) mass is 125 g/mol. The number of hydrogen-bond donors (Lipinski definition) is 0. The molecule has 0 fully saturated rings. The summed E-state index contributed by atoms with van der Waals surface area (Å²) in [6, 6.07) is 2.00. The quantitative estimate of drug-likeness (QED) is 0.567. The first-order valence-corrected chi connectivity index (χ1v) is 2.92. The zero-order valence-electron chi connectivity index (χ0n) is 6.01. The summed E-state index contributed by atoms with van der Waals surface area (Å²) < 4.78 is 5.08. The van der Waals surface area contributed by atoms with Gasteiger partial charge in [0.25, 0.3) is 0 Å². The molecule has 0 aliphatic rings. The first-order chi connectivity index (χ1) is 4.20. The molecule has 0 aliphatic heterocycles. The maximum atomic E-state index is 5.08. The lowest BCUT2D eigenvalue weighted by Crippen LogP contribution is -2.06. The van der Waals surface area contributed by atoms with Crippen LogP contribution < -0.4 is 4.90 Å². The third-order valence-corrected chi connectivity index (χ3v) is 1.23. The van der Waals surface area contributed by atoms with Gasteiger partial charge in [-0.25, -0.2) is 0 Å². The minimum absolute atomic E-state index is 0.957. The minimum atomic E-state index is 0.957. The van der Waals surface area contributed by atoms with Gasteiger partial charge in [0.15, 0.2) is 0 Å². The van der Waals surface area contributed by atoms with Crippen molar-refractivity contribution in [3.63, 3.8) is 0 Å². The van der Waals surface area contributed by atoms with Crippen LogP contribution in [-0.4, -0.2) is 14.1 Å². The van der Waals surface area contributed by atoms with E-state index in [1.165, 1.54) is 0 Å². The standard InChI is InChI=1S/C7H11NO/c1-6-4-7(5-9-6)8(2)3/h4-5H,1-3H3. The number of furan rings is 1. The lowest BCUT2D eigenvalue weighted by Gasteiger charge is -2.05. The number of aryl methyl sites for hydroxylation is 1. The Hall–Kier alpha value is -0.920. The summed E-state index contributed by atoms with van der Waals surface area (Å²) >= 11 is 0. The Morgan fingerprint density at radius 1 is 1.44 bits per heavy atom. The molecule has 2 heteroatoms. The van der Waals surface area contributed by atoms with Gasteiger partial charge in [-0.3, -0.25) is 0 Å². The molecule has 1 aromatic heterocycles. The molecule has 1 heterocycles. The van der Waals surface area contributed by atoms with Gasteiger partial charge in [-0.15, -0.1) is 0 Å². The minimum Gasteiger partial charge on any atom is -0.467 e. The van der Waals surface area contributed by atoms with Crippen molar-refractivity contribution in [1.82, 2.24) is 0 Å². The highest BCUT2D eigenvalue weighted by atomic mass is 16.3. The third kappa shape index (κ3) is 1.25. The van der Waals surface area contributed by atoms with Gasteiger partial charge in [0.2, 0.25) is 0 Å². The van der Waals surface area contributed by atoms with Crippen LogP contribution in [0.15, 0.2) is 16.7 Å². The summed E-state index contributed by atoms with van der Waals surface area (Å²) in [6.45, 7) is 1.94. The van der Waals surface area contributed by atoms with Crippen LogP contribution in [0.5, 0.6) is 0 Å². The molecule has 1 rings (SSSR count). The second-order valence-corrected chi connectivity index (χ2v) is 2.31. The van der Waals surface area contributed by atoms with Crippen LogP contribution in [0.1, 0.15) is 5.76 Å². The predicted molar refractivity (Wildman–Crippen MR) is 37.8 cm³/mol. The first-order valence-electron chi connectivity index (χ1n) is 2.92. The average molecular weight is 125 g/mol. The Bertz CT molecular complexity index is 191. The highest BCUT2D eigenvalue weighted by molar-refractivity contribution is 5.42. The Labute approximate surface area is 55.1 Å². The van der Waals surface area contributed by atoms with E-state index in [9.17, 15) is 0 Å². The van der Waals surface area contributed by atoms with E-state index < -0.39 is 0 Å². The average Bonchev–Trinajstić information content (AvgIpc) is 2.14. The van der Waals surface area contributed by atoms with Gasteiger partial charge in [0.1, 0.15) is 12.0 Å². The molecule has 0 unspecified atom stereocenters. The van der Waals surface area contributed by atoms with Crippen molar-refractivity contribution < 1.29 is 4.42 Å². The van der Waals surface area contributed by atoms with E-state index in [1.54, 1.807) is 6.26 Å². The molecular formula is C7H11NO. The van der Waals surface area contributed by atoms with Gasteiger partial charge in [-0.1, -0.05) is 0 Å². The predicted octanol–water partition coefficient (Wildman–Crippen LogP) is 1.65. The van der Waals surface area contributed by atoms with Crippen LogP contribution >= 0.6 is 0 Å². The van der Waals surface area contributed by atoms with Gasteiger partial charge in [0.05, 0.1) is 5.69 Å². The van der Waals surface area contributed by atoms with Crippen molar-refractivity contribution in [2.45, 2.75) is 6.92 Å². The van der Waals surface area contributed by atoms with Crippen LogP contribution in [0.4, 0.5) is 5.69 Å². The fourth-order valence-corrected chi connectivity index (χ4v) is 0.664. The van der Waals surface area contributed by atoms with E-state index in [2.05, 4.69) is 0 Å². The van der Waals surface area contributed by atoms with Crippen molar-refractivity contribution >= 4 is 5.69 Å². The van der Waals surface area contributed by atoms with E-state index in [0.29, 0.717) is 0 Å². The molecule has 0 bridgehead atoms. The topological polar surface area (TPSA) is 16.4 Å². The summed E-state index contributed by atoms with van der Waals surface area (Å²) in [5.74, 6) is 0.957. The van der Waals surface area contributed by atoms with E-state index in [1.807, 2.05) is 32.0 Å². The van der Waals surface area contributed by atoms with Crippen LogP contribution in [0.3, 0.4) is 0 Å². The number of nitrogens with zero attached hydrogens (tertiary/aromatic N) is 1. The van der Waals surface area contributed by atoms with Crippen molar-refractivity contribution in [2.24, 2.45) is 0 Å². The fourth-order valence-electron chi connectivity index (χ4n) is 0.664. The van der Waals surface area contributed by atoms with E-state index >= 15 is 0 Å². The number of anilines is 1. The largest absolute Gasteiger partial charge is 0.467 e. The molecule has 1 aromatic rings. The summed E-state index contributed by atoms with van der Waals surface area (Å²) in [4.78, 5) is 2.01. The summed E-state index contributed by atoms with van der Waals surface area (Å²) in [6.07, 6.45) is 1.75. The zero-order valence-corrected chi connectivity index (χ0v) is 6.01. The van der Waals surface area contributed by atoms with Crippen LogP contribution in [0.2, 0.25) is 0 Å². The summed E-state index contributed by atoms with van der Waals surface area (Å²) in [5, 5.41) is 0. The van der Waals surface area contributed by atoms with Crippen LogP contribution in [-0.2, 0) is 0 Å². The molecular weight excluding hydrogens is 114 g/mol. The molecule has 50 valence electrons. The molecule has 0 saturated carbocycles. The number of rotatable bonds is 1. The van der Waals surface area contributed by atoms with E-state index in [4.69, 9.17) is 4.42 Å². The lowest BCUT2D eigenvalue weighted by molar-refractivity contribution is 0.534. The van der Waals surface area contributed by atoms with Crippen molar-refractivity contribution in [3.8, 4) is 0 Å². The Morgan fingerprint density at radius 2 is 2.11 bits per heavy atom. The summed E-state index contributed by atoms with van der Waals surface area (Å²) in [7, 11) is 3.98. The van der Waals surface area contributed by atoms with Crippen molar-refractivity contribution in [3.05, 3.63) is 18.1 Å². The normalized spacial score (nSPS) is 9.67. The highest BCUT2D eigenvalue weighted by Crippen LogP contribution is 2.13. The summed E-state index contributed by atoms with van der Waals surface area (Å²) in [5.41, 5.74) is 1.12. The number of hydrogen-bond acceptors (Lipinski definition) is 2. The maximum Gasteiger partial charge on any atom is 0.114 e. The van der Waals surface area contributed by atoms with Crippen molar-refractivity contribution in [2.75, 3.05) is 19.0 Å². The van der Waals surface area contributed by atoms with Gasteiger partial charge < -0.3 is 9.32 Å². The van der Waals surface area contributed by atoms with Gasteiger partial charge in [0, 0.05) is 20.2 Å². The van der Waals surface area contributed by atoms with Crippen LogP contribution in [0.25, 0.3) is 0 Å². The Balaban J connectivity index is 2.85. The van der Waals surface area contributed by atoms with Gasteiger partial charge in [-0.2, -0.15) is 0 Å². The van der Waals surface area contributed by atoms with E-state index in [-0.39, 0.29) is 0 Å². The molecule has 0 N–H and O–H groups in total. The molecule has 0 atom stereocenters. The highest BCUT2D eigenvalue weighted by Gasteiger charge is 1.96. The molecule has 0 aliphatic carbocycles. The molecule has 9 heavy (non-hydrogen) atoms. The van der Waals surface area contributed by atoms with Gasteiger partial charge >= 0.3 is 0 Å². The Morgan fingerprint density at radius 3 is 2.33 bits per heavy atom. The lowest BCUT2D eigenvalue weighted by atomic mass is 10.4. The zero-order chi connectivity index (χ0) is 6.85. The SMILES string of the molecule is Cc1cc(N(C)C)co1. The molecule has 0 amide bonds. The second-order valence-electron chi connectivity index (χ2n) is 2.31. The van der Waals surface area contributed by atoms with Crippen molar-refractivity contribution in [1.29, 1.82) is 0 Å². The molecule has 2 nitrogen and oxygen atoms in total. The molecule has 0 saturated heterocycles. The molecule has 0 spiro atoms. The van der Waals surface area contributed by atoms with Gasteiger partial charge in [-0.05, 0) is 6.92 Å². The Kier molecular flexibility index (Phi) is 1.47. The van der Waals surface area contributed by atoms with Crippen LogP contribution in [0, 0.1) is 6.92 Å². The maximum absolute atomic E-state index is 5.08. The fraction of sp³-hybridized carbons (Fsp3) is 0.429.